The zero-order chi connectivity index (χ0) is 19.2. The molecule has 3 aromatic rings. The predicted molar refractivity (Wildman–Crippen MR) is 108 cm³/mol. The average molecular weight is 361 g/mol. The summed E-state index contributed by atoms with van der Waals surface area (Å²) >= 11 is 0. The summed E-state index contributed by atoms with van der Waals surface area (Å²) < 4.78 is 0. The van der Waals surface area contributed by atoms with E-state index in [0.29, 0.717) is 18.2 Å². The molecule has 0 spiro atoms. The molecule has 0 saturated heterocycles. The van der Waals surface area contributed by atoms with Crippen LogP contribution in [0.3, 0.4) is 0 Å². The van der Waals surface area contributed by atoms with Gasteiger partial charge >= 0.3 is 0 Å². The van der Waals surface area contributed by atoms with E-state index in [0.717, 1.165) is 22.5 Å². The van der Waals surface area contributed by atoms with Gasteiger partial charge in [-0.05, 0) is 42.8 Å². The van der Waals surface area contributed by atoms with Crippen molar-refractivity contribution in [3.8, 4) is 0 Å². The van der Waals surface area contributed by atoms with Crippen molar-refractivity contribution in [1.82, 2.24) is 15.3 Å². The Labute approximate surface area is 159 Å². The first-order valence-electron chi connectivity index (χ1n) is 8.72. The second-order valence-electron chi connectivity index (χ2n) is 6.50. The van der Waals surface area contributed by atoms with E-state index in [9.17, 15) is 4.79 Å². The number of benzene rings is 2. The zero-order valence-corrected chi connectivity index (χ0v) is 15.7. The lowest BCUT2D eigenvalue weighted by Crippen LogP contribution is -2.24. The van der Waals surface area contributed by atoms with Crippen molar-refractivity contribution in [2.75, 3.05) is 24.3 Å². The van der Waals surface area contributed by atoms with Crippen molar-refractivity contribution >= 4 is 23.2 Å². The first-order chi connectivity index (χ1) is 13.0. The van der Waals surface area contributed by atoms with E-state index in [1.54, 1.807) is 12.3 Å². The Hall–Kier alpha value is -3.41. The van der Waals surface area contributed by atoms with E-state index in [4.69, 9.17) is 0 Å². The summed E-state index contributed by atoms with van der Waals surface area (Å²) in [5.41, 5.74) is 4.50. The molecular weight excluding hydrogens is 338 g/mol. The van der Waals surface area contributed by atoms with E-state index >= 15 is 0 Å². The Bertz CT molecular complexity index is 922. The summed E-state index contributed by atoms with van der Waals surface area (Å²) in [6.45, 7) is 2.48. The molecule has 0 aliphatic rings. The highest BCUT2D eigenvalue weighted by Crippen LogP contribution is 2.18. The molecule has 138 valence electrons. The van der Waals surface area contributed by atoms with Crippen LogP contribution in [0.15, 0.2) is 60.8 Å². The van der Waals surface area contributed by atoms with E-state index in [1.165, 1.54) is 0 Å². The normalized spacial score (nSPS) is 10.3. The summed E-state index contributed by atoms with van der Waals surface area (Å²) in [4.78, 5) is 22.9. The van der Waals surface area contributed by atoms with Crippen LogP contribution < -0.4 is 15.5 Å². The number of nitrogens with zero attached hydrogens (tertiary/aromatic N) is 3. The predicted octanol–water partition coefficient (Wildman–Crippen LogP) is 3.52. The lowest BCUT2D eigenvalue weighted by molar-refractivity contribution is 0.0946. The third-order valence-corrected chi connectivity index (χ3v) is 4.06. The topological polar surface area (TPSA) is 70.2 Å². The molecule has 0 aliphatic carbocycles. The van der Waals surface area contributed by atoms with Gasteiger partial charge in [-0.15, -0.1) is 0 Å². The first-order valence-corrected chi connectivity index (χ1v) is 8.72. The molecule has 0 atom stereocenters. The number of hydrogen-bond acceptors (Lipinski definition) is 5. The monoisotopic (exact) mass is 361 g/mol. The fourth-order valence-corrected chi connectivity index (χ4v) is 2.61. The first kappa shape index (κ1) is 18.4. The highest BCUT2D eigenvalue weighted by atomic mass is 16.1. The van der Waals surface area contributed by atoms with Crippen LogP contribution in [0.4, 0.5) is 17.3 Å². The summed E-state index contributed by atoms with van der Waals surface area (Å²) in [7, 11) is 3.98. The largest absolute Gasteiger partial charge is 0.378 e. The molecule has 3 rings (SSSR count). The van der Waals surface area contributed by atoms with Crippen LogP contribution in [-0.4, -0.2) is 30.0 Å². The van der Waals surface area contributed by atoms with E-state index < -0.39 is 0 Å². The van der Waals surface area contributed by atoms with Crippen LogP contribution in [0.2, 0.25) is 0 Å². The van der Waals surface area contributed by atoms with Gasteiger partial charge in [0.2, 0.25) is 5.95 Å². The molecule has 1 amide bonds. The Morgan fingerprint density at radius 3 is 2.56 bits per heavy atom. The number of hydrogen-bond donors (Lipinski definition) is 2. The lowest BCUT2D eigenvalue weighted by Gasteiger charge is -2.13. The number of amides is 1. The minimum atomic E-state index is -0.232. The Morgan fingerprint density at radius 1 is 1.07 bits per heavy atom. The summed E-state index contributed by atoms with van der Waals surface area (Å²) in [6.07, 6.45) is 1.57. The molecule has 2 aromatic carbocycles. The molecule has 1 aromatic heterocycles. The Morgan fingerprint density at radius 2 is 1.85 bits per heavy atom. The maximum atomic E-state index is 12.4. The van der Waals surface area contributed by atoms with Gasteiger partial charge in [0.05, 0.1) is 0 Å². The van der Waals surface area contributed by atoms with Crippen molar-refractivity contribution < 1.29 is 4.79 Å². The van der Waals surface area contributed by atoms with Gasteiger partial charge in [0.25, 0.3) is 5.91 Å². The Kier molecular flexibility index (Phi) is 5.66. The summed E-state index contributed by atoms with van der Waals surface area (Å²) in [5, 5.41) is 6.02. The second kappa shape index (κ2) is 8.31. The fraction of sp³-hybridized carbons (Fsp3) is 0.190. The standard InChI is InChI=1S/C21H23N5O/c1-15-5-4-6-16(13-15)14-23-20(27)19-11-12-22-21(25-19)24-17-7-9-18(10-8-17)26(2)3/h4-13H,14H2,1-3H3,(H,23,27)(H,22,24,25). The van der Waals surface area contributed by atoms with Crippen molar-refractivity contribution in [3.05, 3.63) is 77.6 Å². The van der Waals surface area contributed by atoms with Crippen molar-refractivity contribution in [2.24, 2.45) is 0 Å². The number of nitrogens with one attached hydrogen (secondary N) is 2. The molecule has 6 heteroatoms. The molecule has 0 aliphatic heterocycles. The van der Waals surface area contributed by atoms with Crippen LogP contribution in [0.5, 0.6) is 0 Å². The number of aryl methyl sites for hydroxylation is 1. The number of anilines is 3. The van der Waals surface area contributed by atoms with Crippen molar-refractivity contribution in [3.63, 3.8) is 0 Å². The fourth-order valence-electron chi connectivity index (χ4n) is 2.61. The quantitative estimate of drug-likeness (QED) is 0.703. The molecule has 0 saturated carbocycles. The van der Waals surface area contributed by atoms with Crippen molar-refractivity contribution in [1.29, 1.82) is 0 Å². The molecule has 27 heavy (non-hydrogen) atoms. The Balaban J connectivity index is 1.64. The third-order valence-electron chi connectivity index (χ3n) is 4.06. The molecule has 0 radical (unpaired) electrons. The zero-order valence-electron chi connectivity index (χ0n) is 15.7. The molecule has 1 heterocycles. The van der Waals surface area contributed by atoms with Crippen LogP contribution in [0.1, 0.15) is 21.6 Å². The smallest absolute Gasteiger partial charge is 0.270 e. The van der Waals surface area contributed by atoms with Crippen molar-refractivity contribution in [2.45, 2.75) is 13.5 Å². The lowest BCUT2D eigenvalue weighted by atomic mass is 10.1. The molecular formula is C21H23N5O. The molecule has 0 bridgehead atoms. The van der Waals surface area contributed by atoms with Crippen LogP contribution in [-0.2, 0) is 6.54 Å². The van der Waals surface area contributed by atoms with Gasteiger partial charge in [0, 0.05) is 38.2 Å². The van der Waals surface area contributed by atoms with E-state index in [1.807, 2.05) is 74.4 Å². The summed E-state index contributed by atoms with van der Waals surface area (Å²) in [5.74, 6) is 0.153. The number of carbonyl (C=O) groups is 1. The maximum absolute atomic E-state index is 12.4. The highest BCUT2D eigenvalue weighted by molar-refractivity contribution is 5.92. The minimum absolute atomic E-state index is 0.232. The van der Waals surface area contributed by atoms with Gasteiger partial charge in [0.15, 0.2) is 0 Å². The van der Waals surface area contributed by atoms with Gasteiger partial charge in [0.1, 0.15) is 5.69 Å². The SMILES string of the molecule is Cc1cccc(CNC(=O)c2ccnc(Nc3ccc(N(C)C)cc3)n2)c1. The van der Waals surface area contributed by atoms with Gasteiger partial charge in [-0.2, -0.15) is 0 Å². The van der Waals surface area contributed by atoms with Gasteiger partial charge in [-0.3, -0.25) is 4.79 Å². The van der Waals surface area contributed by atoms with Gasteiger partial charge < -0.3 is 15.5 Å². The summed E-state index contributed by atoms with van der Waals surface area (Å²) in [6, 6.07) is 17.5. The van der Waals surface area contributed by atoms with Crippen LogP contribution in [0.25, 0.3) is 0 Å². The molecule has 0 unspecified atom stereocenters. The van der Waals surface area contributed by atoms with E-state index in [2.05, 4.69) is 20.6 Å². The van der Waals surface area contributed by atoms with Gasteiger partial charge in [-0.1, -0.05) is 29.8 Å². The minimum Gasteiger partial charge on any atom is -0.378 e. The number of rotatable bonds is 6. The number of aromatic nitrogens is 2. The highest BCUT2D eigenvalue weighted by Gasteiger charge is 2.09. The molecule has 0 fully saturated rings. The van der Waals surface area contributed by atoms with Gasteiger partial charge in [-0.25, -0.2) is 9.97 Å². The van der Waals surface area contributed by atoms with E-state index in [-0.39, 0.29) is 5.91 Å². The third kappa shape index (κ3) is 5.04. The second-order valence-corrected chi connectivity index (χ2v) is 6.50. The van der Waals surface area contributed by atoms with Crippen LogP contribution in [0, 0.1) is 6.92 Å². The maximum Gasteiger partial charge on any atom is 0.270 e. The molecule has 6 nitrogen and oxygen atoms in total. The molecule has 2 N–H and O–H groups in total. The average Bonchev–Trinajstić information content (AvgIpc) is 2.67. The number of carbonyl (C=O) groups excluding carboxylic acids is 1. The van der Waals surface area contributed by atoms with Crippen LogP contribution >= 0.6 is 0 Å².